The molecule has 1 saturated heterocycles. The maximum Gasteiger partial charge on any atom is 0.245 e. The Balaban J connectivity index is 3.83. The second-order valence-corrected chi connectivity index (χ2v) is 21.4. The molecule has 0 unspecified atom stereocenters. The highest BCUT2D eigenvalue weighted by Crippen LogP contribution is 2.12. The zero-order chi connectivity index (χ0) is 61.4. The topological polar surface area (TPSA) is 491 Å². The highest BCUT2D eigenvalue weighted by atomic mass is 16.3. The maximum absolute atomic E-state index is 14.4. The normalized spacial score (nSPS) is 23.2. The van der Waals surface area contributed by atoms with Gasteiger partial charge in [0.25, 0.3) is 0 Å². The van der Waals surface area contributed by atoms with Gasteiger partial charge in [0.05, 0.1) is 12.2 Å². The molecule has 0 aromatic heterocycles. The molecule has 0 saturated carbocycles. The lowest BCUT2D eigenvalue weighted by Crippen LogP contribution is -2.62. The SMILES string of the molecule is CCCCCCCC(=O)N[C@@H](CCN)C(=O)N[C@H](C(=O)N[C@@H](CCN)C(=O)N[C@H]1CCNC(=O)[C@H]([C@@H](C)O)NC(=O)[C@H](CCN)NC(=O)[C@H](CCN)NC(=O)[C@H](CC(C)C)NC(=O)[C@@H](CC(C)C)NC(=O)[C@H](CCN)NC1=O)[C@@H](C)O. The van der Waals surface area contributed by atoms with Crippen molar-refractivity contribution in [2.75, 3.05) is 39.3 Å². The van der Waals surface area contributed by atoms with E-state index in [9.17, 15) is 63.0 Å². The molecule has 1 fully saturated rings. The Morgan fingerprint density at radius 3 is 1.38 bits per heavy atom. The number of aliphatic hydroxyl groups excluding tert-OH is 2. The van der Waals surface area contributed by atoms with Gasteiger partial charge in [-0.25, -0.2) is 0 Å². The minimum atomic E-state index is -1.69. The van der Waals surface area contributed by atoms with Crippen molar-refractivity contribution in [2.45, 2.75) is 211 Å². The van der Waals surface area contributed by atoms with Gasteiger partial charge in [0.1, 0.15) is 60.4 Å². The van der Waals surface area contributed by atoms with Crippen LogP contribution in [0.1, 0.15) is 138 Å². The Morgan fingerprint density at radius 1 is 0.519 bits per heavy atom. The summed E-state index contributed by atoms with van der Waals surface area (Å²) in [6, 6.07) is -14.5. The highest BCUT2D eigenvalue weighted by molar-refractivity contribution is 5.99. The lowest BCUT2D eigenvalue weighted by atomic mass is 9.99. The fourth-order valence-corrected chi connectivity index (χ4v) is 8.67. The van der Waals surface area contributed by atoms with Crippen LogP contribution in [0.4, 0.5) is 0 Å². The summed E-state index contributed by atoms with van der Waals surface area (Å²) >= 11 is 0. The van der Waals surface area contributed by atoms with E-state index in [4.69, 9.17) is 28.7 Å². The van der Waals surface area contributed by atoms with Gasteiger partial charge in [-0.1, -0.05) is 60.3 Å². The van der Waals surface area contributed by atoms with Crippen LogP contribution in [0.3, 0.4) is 0 Å². The van der Waals surface area contributed by atoms with E-state index in [1.165, 1.54) is 13.8 Å². The van der Waals surface area contributed by atoms with Crippen LogP contribution in [0.25, 0.3) is 0 Å². The van der Waals surface area contributed by atoms with E-state index in [1.807, 2.05) is 0 Å². The number of amides is 11. The summed E-state index contributed by atoms with van der Waals surface area (Å²) in [7, 11) is 0. The van der Waals surface area contributed by atoms with Crippen LogP contribution in [0.2, 0.25) is 0 Å². The molecule has 1 aliphatic rings. The molecular formula is C52H98N16O13. The Morgan fingerprint density at radius 2 is 0.951 bits per heavy atom. The van der Waals surface area contributed by atoms with Crippen molar-refractivity contribution in [2.24, 2.45) is 40.5 Å². The van der Waals surface area contributed by atoms with E-state index >= 15 is 0 Å². The Hall–Kier alpha value is -6.11. The molecular weight excluding hydrogens is 1060 g/mol. The predicted molar refractivity (Wildman–Crippen MR) is 301 cm³/mol. The number of hydrogen-bond acceptors (Lipinski definition) is 18. The standard InChI is InChI=1S/C52H98N16O13/c1-8-9-10-11-12-13-40(71)59-32(14-20-53)47(76)68-42(31(7)70)52(81)64-35(17-23-56)44(73)63-37-19-25-58-51(80)41(30(6)69)67-48(77)36(18-24-57)61-43(72)33(15-21-54)62-49(78)38(26-28(2)3)66-50(79)39(27-29(4)5)65-45(74)34(16-22-55)60-46(37)75/h28-39,41-42,69-70H,8-27,53-57H2,1-7H3,(H,58,80)(H,59,71)(H,60,75)(H,61,72)(H,62,78)(H,63,73)(H,64,81)(H,65,74)(H,66,79)(H,67,77)(H,68,76)/t30-,31-,32+,33+,34+,35+,36+,37+,38+,39-,41+,42+/m1/s1. The van der Waals surface area contributed by atoms with Gasteiger partial charge in [-0.2, -0.15) is 0 Å². The summed E-state index contributed by atoms with van der Waals surface area (Å²) in [5, 5.41) is 49.5. The van der Waals surface area contributed by atoms with Crippen LogP contribution < -0.4 is 87.2 Å². The molecule has 29 nitrogen and oxygen atoms in total. The molecule has 0 spiro atoms. The average molecular weight is 1160 g/mol. The molecule has 0 aromatic rings. The van der Waals surface area contributed by atoms with Gasteiger partial charge in [0.15, 0.2) is 0 Å². The van der Waals surface area contributed by atoms with Gasteiger partial charge in [-0.15, -0.1) is 0 Å². The minimum Gasteiger partial charge on any atom is -0.391 e. The van der Waals surface area contributed by atoms with Crippen LogP contribution in [-0.4, -0.2) is 187 Å². The van der Waals surface area contributed by atoms with Gasteiger partial charge >= 0.3 is 0 Å². The van der Waals surface area contributed by atoms with Crippen molar-refractivity contribution in [1.29, 1.82) is 0 Å². The van der Waals surface area contributed by atoms with Crippen molar-refractivity contribution in [1.82, 2.24) is 58.5 Å². The van der Waals surface area contributed by atoms with Gasteiger partial charge < -0.3 is 97.4 Å². The molecule has 12 atom stereocenters. The molecule has 81 heavy (non-hydrogen) atoms. The van der Waals surface area contributed by atoms with Crippen molar-refractivity contribution < 1.29 is 63.0 Å². The van der Waals surface area contributed by atoms with Crippen molar-refractivity contribution >= 4 is 65.0 Å². The van der Waals surface area contributed by atoms with Crippen molar-refractivity contribution in [3.8, 4) is 0 Å². The van der Waals surface area contributed by atoms with E-state index in [0.717, 1.165) is 25.7 Å². The molecule has 1 rings (SSSR count). The summed E-state index contributed by atoms with van der Waals surface area (Å²) in [6.07, 6.45) is 0.326. The number of carbonyl (C=O) groups excluding carboxylic acids is 11. The summed E-state index contributed by atoms with van der Waals surface area (Å²) in [6.45, 7) is 10.5. The molecule has 0 aromatic carbocycles. The third-order valence-electron chi connectivity index (χ3n) is 13.1. The van der Waals surface area contributed by atoms with Crippen molar-refractivity contribution in [3.63, 3.8) is 0 Å². The van der Waals surface area contributed by atoms with Gasteiger partial charge in [0.2, 0.25) is 65.0 Å². The fraction of sp³-hybridized carbons (Fsp3) is 0.788. The van der Waals surface area contributed by atoms with E-state index in [1.54, 1.807) is 27.7 Å². The quantitative estimate of drug-likeness (QED) is 0.0310. The lowest BCUT2D eigenvalue weighted by Gasteiger charge is -2.29. The highest BCUT2D eigenvalue weighted by Gasteiger charge is 2.37. The van der Waals surface area contributed by atoms with Crippen LogP contribution in [0.15, 0.2) is 0 Å². The number of unbranched alkanes of at least 4 members (excludes halogenated alkanes) is 4. The predicted octanol–water partition coefficient (Wildman–Crippen LogP) is -5.69. The summed E-state index contributed by atoms with van der Waals surface area (Å²) in [5.41, 5.74) is 29.2. The Kier molecular flexibility index (Phi) is 35.4. The molecule has 1 heterocycles. The second-order valence-electron chi connectivity index (χ2n) is 21.4. The van der Waals surface area contributed by atoms with Gasteiger partial charge in [-0.05, 0) is 116 Å². The number of nitrogens with one attached hydrogen (secondary N) is 11. The van der Waals surface area contributed by atoms with E-state index in [-0.39, 0.29) is 95.9 Å². The first-order valence-electron chi connectivity index (χ1n) is 28.5. The molecule has 464 valence electrons. The first-order valence-corrected chi connectivity index (χ1v) is 28.5. The summed E-state index contributed by atoms with van der Waals surface area (Å²) < 4.78 is 0. The van der Waals surface area contributed by atoms with Crippen molar-refractivity contribution in [3.05, 3.63) is 0 Å². The molecule has 0 bridgehead atoms. The fourth-order valence-electron chi connectivity index (χ4n) is 8.67. The average Bonchev–Trinajstić information content (AvgIpc) is 3.40. The molecule has 1 aliphatic heterocycles. The number of aliphatic hydroxyl groups is 2. The summed E-state index contributed by atoms with van der Waals surface area (Å²) in [5.74, 6) is -9.97. The van der Waals surface area contributed by atoms with E-state index < -0.39 is 151 Å². The zero-order valence-electron chi connectivity index (χ0n) is 48.5. The smallest absolute Gasteiger partial charge is 0.245 e. The monoisotopic (exact) mass is 1150 g/mol. The van der Waals surface area contributed by atoms with Crippen LogP contribution in [-0.2, 0) is 52.7 Å². The molecule has 0 radical (unpaired) electrons. The number of nitrogens with two attached hydrogens (primary N) is 5. The number of rotatable bonds is 29. The largest absolute Gasteiger partial charge is 0.391 e. The maximum atomic E-state index is 14.4. The Bertz CT molecular complexity index is 2030. The molecule has 29 heteroatoms. The molecule has 0 aliphatic carbocycles. The first kappa shape index (κ1) is 72.9. The number of hydrogen-bond donors (Lipinski definition) is 18. The Labute approximate surface area is 475 Å². The molecule has 11 amide bonds. The van der Waals surface area contributed by atoms with E-state index in [2.05, 4.69) is 65.4 Å². The zero-order valence-corrected chi connectivity index (χ0v) is 48.5. The number of carbonyl (C=O) groups is 11. The van der Waals surface area contributed by atoms with Crippen LogP contribution in [0, 0.1) is 11.8 Å². The first-order chi connectivity index (χ1) is 38.3. The third kappa shape index (κ3) is 27.5. The van der Waals surface area contributed by atoms with E-state index in [0.29, 0.717) is 6.42 Å². The van der Waals surface area contributed by atoms with Crippen LogP contribution >= 0.6 is 0 Å². The minimum absolute atomic E-state index is 0.0101. The van der Waals surface area contributed by atoms with Gasteiger partial charge in [0, 0.05) is 13.0 Å². The lowest BCUT2D eigenvalue weighted by molar-refractivity contribution is -0.137. The second kappa shape index (κ2) is 39.3. The third-order valence-corrected chi connectivity index (χ3v) is 13.1. The molecule has 23 N–H and O–H groups in total. The van der Waals surface area contributed by atoms with Gasteiger partial charge in [-0.3, -0.25) is 52.7 Å². The summed E-state index contributed by atoms with van der Waals surface area (Å²) in [4.78, 5) is 152. The van der Waals surface area contributed by atoms with Crippen LogP contribution in [0.5, 0.6) is 0 Å².